The van der Waals surface area contributed by atoms with Crippen molar-refractivity contribution in [1.29, 1.82) is 5.26 Å². The van der Waals surface area contributed by atoms with Crippen molar-refractivity contribution in [2.45, 2.75) is 76.7 Å². The van der Waals surface area contributed by atoms with Crippen LogP contribution in [0.1, 0.15) is 63.5 Å². The SMILES string of the molecule is COc1ccc(C(OC[C@H]2O[C@@H](n3cnc4c(=O)[nH]c(/N=C\N(C)C)nc43)C[C@@H]2OP(OCCC#N)N(C(C)C)C(C)C)(c2ccccc2)c2ccc(OC)cc2)cc1. The van der Waals surface area contributed by atoms with Gasteiger partial charge >= 0.3 is 0 Å². The molecule has 0 amide bonds. The molecule has 0 radical (unpaired) electrons. The zero-order valence-corrected chi connectivity index (χ0v) is 35.7. The lowest BCUT2D eigenvalue weighted by molar-refractivity contribution is -0.0912. The molecule has 1 unspecified atom stereocenters. The van der Waals surface area contributed by atoms with Crippen molar-refractivity contribution in [3.8, 4) is 17.6 Å². The Morgan fingerprint density at radius 3 is 2.15 bits per heavy atom. The Balaban J connectivity index is 1.45. The van der Waals surface area contributed by atoms with Gasteiger partial charge in [0.2, 0.25) is 5.95 Å². The minimum absolute atomic E-state index is 0.0673. The van der Waals surface area contributed by atoms with Crippen LogP contribution in [0.5, 0.6) is 11.5 Å². The molecule has 5 aromatic rings. The second kappa shape index (κ2) is 19.7. The average molecular weight is 825 g/mol. The summed E-state index contributed by atoms with van der Waals surface area (Å²) in [6.07, 6.45) is 1.79. The predicted octanol–water partition coefficient (Wildman–Crippen LogP) is 7.32. The highest BCUT2D eigenvalue weighted by Gasteiger charge is 2.45. The average Bonchev–Trinajstić information content (AvgIpc) is 3.85. The molecular weight excluding hydrogens is 771 g/mol. The Kier molecular flexibility index (Phi) is 14.5. The molecule has 2 aromatic heterocycles. The first-order chi connectivity index (χ1) is 28.5. The van der Waals surface area contributed by atoms with E-state index < -0.39 is 38.1 Å². The third-order valence-electron chi connectivity index (χ3n) is 9.85. The third kappa shape index (κ3) is 9.82. The smallest absolute Gasteiger partial charge is 0.280 e. The van der Waals surface area contributed by atoms with Crippen molar-refractivity contribution in [1.82, 2.24) is 29.1 Å². The van der Waals surface area contributed by atoms with Gasteiger partial charge in [-0.15, -0.1) is 0 Å². The summed E-state index contributed by atoms with van der Waals surface area (Å²) >= 11 is 0. The summed E-state index contributed by atoms with van der Waals surface area (Å²) in [6.45, 7) is 8.65. The summed E-state index contributed by atoms with van der Waals surface area (Å²) in [7, 11) is 5.26. The van der Waals surface area contributed by atoms with Crippen LogP contribution in [-0.2, 0) is 24.1 Å². The first-order valence-corrected chi connectivity index (χ1v) is 20.7. The lowest BCUT2D eigenvalue weighted by atomic mass is 9.80. The molecule has 1 N–H and O–H groups in total. The molecule has 0 saturated carbocycles. The van der Waals surface area contributed by atoms with Gasteiger partial charge in [-0.3, -0.25) is 14.3 Å². The van der Waals surface area contributed by atoms with Crippen LogP contribution in [0, 0.1) is 11.3 Å². The Morgan fingerprint density at radius 2 is 1.59 bits per heavy atom. The lowest BCUT2D eigenvalue weighted by Gasteiger charge is -2.39. The molecule has 59 heavy (non-hydrogen) atoms. The highest BCUT2D eigenvalue weighted by molar-refractivity contribution is 7.44. The van der Waals surface area contributed by atoms with E-state index in [0.717, 1.165) is 16.7 Å². The number of aromatic amines is 1. The Bertz CT molecular complexity index is 2190. The molecule has 1 aliphatic heterocycles. The maximum atomic E-state index is 13.2. The topological polar surface area (TPSA) is 162 Å². The summed E-state index contributed by atoms with van der Waals surface area (Å²) in [4.78, 5) is 31.0. The predicted molar refractivity (Wildman–Crippen MR) is 227 cm³/mol. The maximum Gasteiger partial charge on any atom is 0.280 e. The molecule has 15 nitrogen and oxygen atoms in total. The Hall–Kier alpha value is -5.20. The van der Waals surface area contributed by atoms with Crippen molar-refractivity contribution < 1.29 is 28.0 Å². The van der Waals surface area contributed by atoms with Gasteiger partial charge in [0.25, 0.3) is 14.1 Å². The highest BCUT2D eigenvalue weighted by atomic mass is 31.2. The number of hydrogen-bond donors (Lipinski definition) is 1. The van der Waals surface area contributed by atoms with Gasteiger partial charge in [0.1, 0.15) is 29.4 Å². The van der Waals surface area contributed by atoms with E-state index in [2.05, 4.69) is 58.4 Å². The van der Waals surface area contributed by atoms with E-state index >= 15 is 0 Å². The van der Waals surface area contributed by atoms with Gasteiger partial charge < -0.3 is 32.9 Å². The number of benzene rings is 3. The monoisotopic (exact) mass is 824 g/mol. The van der Waals surface area contributed by atoms with Gasteiger partial charge in [-0.2, -0.15) is 10.2 Å². The third-order valence-corrected chi connectivity index (χ3v) is 12.0. The van der Waals surface area contributed by atoms with Crippen molar-refractivity contribution in [3.05, 3.63) is 112 Å². The summed E-state index contributed by atoms with van der Waals surface area (Å²) in [5.74, 6) is 1.55. The van der Waals surface area contributed by atoms with Crippen LogP contribution in [-0.4, -0.2) is 101 Å². The van der Waals surface area contributed by atoms with E-state index in [1.54, 1.807) is 36.4 Å². The largest absolute Gasteiger partial charge is 0.497 e. The zero-order chi connectivity index (χ0) is 42.1. The van der Waals surface area contributed by atoms with Crippen LogP contribution >= 0.6 is 8.53 Å². The normalized spacial score (nSPS) is 17.6. The molecule has 1 saturated heterocycles. The fourth-order valence-electron chi connectivity index (χ4n) is 7.18. The minimum atomic E-state index is -1.67. The summed E-state index contributed by atoms with van der Waals surface area (Å²) in [5.41, 5.74) is 1.55. The number of imidazole rings is 1. The van der Waals surface area contributed by atoms with Gasteiger partial charge in [-0.05, 0) is 68.7 Å². The number of aliphatic imine (C=N–C) groups is 1. The van der Waals surface area contributed by atoms with E-state index in [1.807, 2.05) is 93.0 Å². The number of methoxy groups -OCH3 is 2. The first-order valence-electron chi connectivity index (χ1n) is 19.6. The number of H-pyrrole nitrogens is 1. The lowest BCUT2D eigenvalue weighted by Crippen LogP contribution is -2.39. The van der Waals surface area contributed by atoms with Crippen LogP contribution in [0.4, 0.5) is 5.95 Å². The number of ether oxygens (including phenoxy) is 4. The molecule has 0 spiro atoms. The molecule has 3 heterocycles. The molecule has 0 aliphatic carbocycles. The van der Waals surface area contributed by atoms with Crippen LogP contribution < -0.4 is 15.0 Å². The summed E-state index contributed by atoms with van der Waals surface area (Å²) in [5, 5.41) is 9.40. The van der Waals surface area contributed by atoms with Crippen LogP contribution in [0.3, 0.4) is 0 Å². The van der Waals surface area contributed by atoms with Gasteiger partial charge in [-0.1, -0.05) is 54.6 Å². The van der Waals surface area contributed by atoms with Crippen molar-refractivity contribution in [3.63, 3.8) is 0 Å². The molecule has 1 fully saturated rings. The molecule has 3 aromatic carbocycles. The first kappa shape index (κ1) is 43.4. The zero-order valence-electron chi connectivity index (χ0n) is 34.8. The Morgan fingerprint density at radius 1 is 0.983 bits per heavy atom. The second-order valence-corrected chi connectivity index (χ2v) is 16.2. The molecule has 4 atom stereocenters. The van der Waals surface area contributed by atoms with Gasteiger partial charge in [0, 0.05) is 32.6 Å². The summed E-state index contributed by atoms with van der Waals surface area (Å²) in [6, 6.07) is 28.1. The van der Waals surface area contributed by atoms with E-state index in [-0.39, 0.29) is 43.2 Å². The number of nitriles is 1. The molecule has 312 valence electrons. The minimum Gasteiger partial charge on any atom is -0.497 e. The van der Waals surface area contributed by atoms with E-state index in [9.17, 15) is 10.1 Å². The number of hydrogen-bond acceptors (Lipinski definition) is 12. The number of nitrogens with zero attached hydrogens (tertiary/aromatic N) is 7. The molecule has 6 rings (SSSR count). The highest BCUT2D eigenvalue weighted by Crippen LogP contribution is 2.51. The van der Waals surface area contributed by atoms with E-state index in [1.165, 1.54) is 0 Å². The molecule has 0 bridgehead atoms. The van der Waals surface area contributed by atoms with Crippen LogP contribution in [0.15, 0.2) is 95.0 Å². The molecular formula is C43H53N8O7P. The number of rotatable bonds is 19. The standard InChI is InChI=1S/C43H53N8O7P/c1-29(2)51(30(3)4)59(56-24-12-23-44)58-36-25-38(50-28-45-39-40(50)47-42(48-41(39)52)46-27-49(5)6)57-37(36)26-55-43(31-13-10-9-11-14-31,32-15-19-34(53-7)20-16-32)33-17-21-35(54-8)22-18-33/h9-11,13-22,27-30,36-38H,12,24-26H2,1-8H3,(H,47,48,52)/b46-27-/t36-,37+,38+,59?/m0/s1. The van der Waals surface area contributed by atoms with Crippen molar-refractivity contribution >= 4 is 32.0 Å². The number of aromatic nitrogens is 4. The van der Waals surface area contributed by atoms with Gasteiger partial charge in [-0.25, -0.2) is 14.6 Å². The molecule has 16 heteroatoms. The van der Waals surface area contributed by atoms with E-state index in [4.69, 9.17) is 28.0 Å². The van der Waals surface area contributed by atoms with E-state index in [0.29, 0.717) is 23.6 Å². The van der Waals surface area contributed by atoms with Gasteiger partial charge in [0.05, 0.1) is 58.7 Å². The number of nitrogens with one attached hydrogen (secondary N) is 1. The fraction of sp³-hybridized carbons (Fsp3) is 0.419. The Labute approximate surface area is 346 Å². The summed E-state index contributed by atoms with van der Waals surface area (Å²) < 4.78 is 42.7. The van der Waals surface area contributed by atoms with Crippen LogP contribution in [0.25, 0.3) is 11.2 Å². The maximum absolute atomic E-state index is 13.2. The fourth-order valence-corrected chi connectivity index (χ4v) is 8.94. The number of fused-ring (bicyclic) bond motifs is 1. The quantitative estimate of drug-likeness (QED) is 0.0291. The van der Waals surface area contributed by atoms with Crippen LogP contribution in [0.2, 0.25) is 0 Å². The van der Waals surface area contributed by atoms with Gasteiger partial charge in [0.15, 0.2) is 11.2 Å². The van der Waals surface area contributed by atoms with Crippen molar-refractivity contribution in [2.24, 2.45) is 4.99 Å². The second-order valence-electron chi connectivity index (χ2n) is 14.8. The molecule has 1 aliphatic rings. The van der Waals surface area contributed by atoms with Crippen molar-refractivity contribution in [2.75, 3.05) is 41.5 Å².